The molecule has 1 amide bonds. The number of nitrogens with one attached hydrogen (secondary N) is 1. The fourth-order valence-corrected chi connectivity index (χ4v) is 2.67. The number of ether oxygens (including phenoxy) is 1. The number of alkyl carbamates (subject to hydrolysis) is 1. The topological polar surface area (TPSA) is 67.6 Å². The zero-order chi connectivity index (χ0) is 16.2. The fourth-order valence-electron chi connectivity index (χ4n) is 2.67. The summed E-state index contributed by atoms with van der Waals surface area (Å²) in [6, 6.07) is 10.2. The van der Waals surface area contributed by atoms with Crippen molar-refractivity contribution in [2.24, 2.45) is 5.73 Å². The molecular formula is C17H31N3O2S2. The molecule has 0 radical (unpaired) electrons. The van der Waals surface area contributed by atoms with E-state index in [0.29, 0.717) is 0 Å². The summed E-state index contributed by atoms with van der Waals surface area (Å²) >= 11 is 0. The molecule has 0 bridgehead atoms. The van der Waals surface area contributed by atoms with E-state index in [2.05, 4.69) is 22.3 Å². The van der Waals surface area contributed by atoms with Gasteiger partial charge < -0.3 is 15.8 Å². The predicted molar refractivity (Wildman–Crippen MR) is 108 cm³/mol. The molecule has 1 aliphatic rings. The molecule has 1 heterocycles. The third-order valence-corrected chi connectivity index (χ3v) is 3.68. The molecule has 0 spiro atoms. The van der Waals surface area contributed by atoms with E-state index in [1.165, 1.54) is 0 Å². The monoisotopic (exact) mass is 373 g/mol. The SMILES string of the molecule is CC(C)(C)OC(=O)N[C@H]1CCN(C[C@@H](N)c2ccccc2)C1.S.S. The Kier molecular flexibility index (Phi) is 9.80. The normalized spacial score (nSPS) is 18.9. The summed E-state index contributed by atoms with van der Waals surface area (Å²) < 4.78 is 5.29. The van der Waals surface area contributed by atoms with Gasteiger partial charge in [-0.25, -0.2) is 4.79 Å². The van der Waals surface area contributed by atoms with Crippen LogP contribution in [0, 0.1) is 0 Å². The fraction of sp³-hybridized carbons (Fsp3) is 0.588. The molecule has 138 valence electrons. The van der Waals surface area contributed by atoms with Crippen molar-refractivity contribution in [1.29, 1.82) is 0 Å². The number of nitrogens with zero attached hydrogens (tertiary/aromatic N) is 1. The molecule has 0 aliphatic carbocycles. The second kappa shape index (κ2) is 10.2. The maximum absolute atomic E-state index is 11.8. The lowest BCUT2D eigenvalue weighted by molar-refractivity contribution is 0.0506. The van der Waals surface area contributed by atoms with Crippen LogP contribution >= 0.6 is 27.0 Å². The molecule has 1 aliphatic heterocycles. The number of amides is 1. The first-order valence-corrected chi connectivity index (χ1v) is 7.86. The molecule has 0 aromatic heterocycles. The highest BCUT2D eigenvalue weighted by Crippen LogP contribution is 2.16. The summed E-state index contributed by atoms with van der Waals surface area (Å²) in [4.78, 5) is 14.1. The molecule has 2 atom stereocenters. The van der Waals surface area contributed by atoms with Crippen LogP contribution in [0.1, 0.15) is 38.8 Å². The quantitative estimate of drug-likeness (QED) is 0.851. The lowest BCUT2D eigenvalue weighted by Gasteiger charge is -2.23. The van der Waals surface area contributed by atoms with Crippen LogP contribution in [0.25, 0.3) is 0 Å². The van der Waals surface area contributed by atoms with Crippen LogP contribution in [0.4, 0.5) is 4.79 Å². The first-order chi connectivity index (χ1) is 10.3. The van der Waals surface area contributed by atoms with Gasteiger partial charge in [-0.05, 0) is 32.8 Å². The van der Waals surface area contributed by atoms with Gasteiger partial charge in [0.2, 0.25) is 0 Å². The van der Waals surface area contributed by atoms with Gasteiger partial charge in [-0.15, -0.1) is 0 Å². The van der Waals surface area contributed by atoms with Crippen LogP contribution in [-0.4, -0.2) is 42.3 Å². The minimum atomic E-state index is -0.460. The molecule has 24 heavy (non-hydrogen) atoms. The molecule has 2 rings (SSSR count). The standard InChI is InChI=1S/C17H27N3O2.2H2S/c1-17(2,3)22-16(21)19-14-9-10-20(11-14)12-15(18)13-7-5-4-6-8-13;;/h4-8,14-15H,9-12,18H2,1-3H3,(H,19,21);2*1H2/t14-,15+;;/m0../s1. The highest BCUT2D eigenvalue weighted by molar-refractivity contribution is 7.59. The van der Waals surface area contributed by atoms with Gasteiger partial charge in [-0.2, -0.15) is 27.0 Å². The van der Waals surface area contributed by atoms with Crippen molar-refractivity contribution < 1.29 is 9.53 Å². The number of hydrogen-bond acceptors (Lipinski definition) is 4. The lowest BCUT2D eigenvalue weighted by atomic mass is 10.1. The van der Waals surface area contributed by atoms with E-state index in [9.17, 15) is 4.79 Å². The Morgan fingerprint density at radius 1 is 1.33 bits per heavy atom. The van der Waals surface area contributed by atoms with Gasteiger partial charge in [0.15, 0.2) is 0 Å². The summed E-state index contributed by atoms with van der Waals surface area (Å²) in [6.45, 7) is 8.17. The van der Waals surface area contributed by atoms with Crippen LogP contribution in [0.3, 0.4) is 0 Å². The van der Waals surface area contributed by atoms with E-state index in [1.807, 2.05) is 39.0 Å². The van der Waals surface area contributed by atoms with Gasteiger partial charge >= 0.3 is 6.09 Å². The van der Waals surface area contributed by atoms with Crippen molar-refractivity contribution in [2.75, 3.05) is 19.6 Å². The van der Waals surface area contributed by atoms with Gasteiger partial charge in [0, 0.05) is 31.7 Å². The van der Waals surface area contributed by atoms with Gasteiger partial charge in [-0.3, -0.25) is 4.90 Å². The number of nitrogens with two attached hydrogens (primary N) is 1. The van der Waals surface area contributed by atoms with Gasteiger partial charge in [-0.1, -0.05) is 30.3 Å². The van der Waals surface area contributed by atoms with Crippen LogP contribution in [0.5, 0.6) is 0 Å². The summed E-state index contributed by atoms with van der Waals surface area (Å²) in [5, 5.41) is 2.93. The zero-order valence-corrected chi connectivity index (χ0v) is 16.7. The molecule has 1 fully saturated rings. The minimum absolute atomic E-state index is 0. The van der Waals surface area contributed by atoms with Crippen LogP contribution < -0.4 is 11.1 Å². The number of rotatable bonds is 4. The lowest BCUT2D eigenvalue weighted by Crippen LogP contribution is -2.41. The van der Waals surface area contributed by atoms with Crippen molar-refractivity contribution in [3.63, 3.8) is 0 Å². The van der Waals surface area contributed by atoms with E-state index in [1.54, 1.807) is 0 Å². The molecular weight excluding hydrogens is 342 g/mol. The number of likely N-dealkylation sites (tertiary alicyclic amines) is 1. The van der Waals surface area contributed by atoms with Gasteiger partial charge in [0.05, 0.1) is 0 Å². The Morgan fingerprint density at radius 3 is 2.54 bits per heavy atom. The average molecular weight is 374 g/mol. The van der Waals surface area contributed by atoms with Gasteiger partial charge in [0.25, 0.3) is 0 Å². The Morgan fingerprint density at radius 2 is 1.96 bits per heavy atom. The Labute approximate surface area is 159 Å². The molecule has 7 heteroatoms. The summed E-state index contributed by atoms with van der Waals surface area (Å²) in [6.07, 6.45) is 0.590. The molecule has 0 unspecified atom stereocenters. The Balaban J connectivity index is 0.00000264. The van der Waals surface area contributed by atoms with Crippen molar-refractivity contribution >= 4 is 33.1 Å². The van der Waals surface area contributed by atoms with Crippen LogP contribution in [-0.2, 0) is 4.74 Å². The Hall–Kier alpha value is -0.890. The molecule has 1 aromatic carbocycles. The number of benzene rings is 1. The van der Waals surface area contributed by atoms with E-state index >= 15 is 0 Å². The second-order valence-electron chi connectivity index (χ2n) is 6.91. The third-order valence-electron chi connectivity index (χ3n) is 3.68. The first kappa shape index (κ1) is 23.1. The van der Waals surface area contributed by atoms with Crippen LogP contribution in [0.2, 0.25) is 0 Å². The zero-order valence-electron chi connectivity index (χ0n) is 14.7. The van der Waals surface area contributed by atoms with Crippen molar-refractivity contribution in [1.82, 2.24) is 10.2 Å². The smallest absolute Gasteiger partial charge is 0.407 e. The number of carbonyl (C=O) groups excluding carboxylic acids is 1. The largest absolute Gasteiger partial charge is 0.444 e. The van der Waals surface area contributed by atoms with Crippen molar-refractivity contribution in [3.8, 4) is 0 Å². The highest BCUT2D eigenvalue weighted by Gasteiger charge is 2.27. The van der Waals surface area contributed by atoms with E-state index in [0.717, 1.165) is 31.6 Å². The van der Waals surface area contributed by atoms with E-state index in [-0.39, 0.29) is 45.2 Å². The number of hydrogen-bond donors (Lipinski definition) is 2. The summed E-state index contributed by atoms with van der Waals surface area (Å²) in [7, 11) is 0. The Bertz CT molecular complexity index is 494. The average Bonchev–Trinajstić information content (AvgIpc) is 2.84. The van der Waals surface area contributed by atoms with Crippen LogP contribution in [0.15, 0.2) is 30.3 Å². The first-order valence-electron chi connectivity index (χ1n) is 7.86. The van der Waals surface area contributed by atoms with E-state index in [4.69, 9.17) is 10.5 Å². The third kappa shape index (κ3) is 7.79. The minimum Gasteiger partial charge on any atom is -0.444 e. The maximum atomic E-state index is 11.8. The van der Waals surface area contributed by atoms with Crippen molar-refractivity contribution in [2.45, 2.75) is 44.9 Å². The van der Waals surface area contributed by atoms with Crippen molar-refractivity contribution in [3.05, 3.63) is 35.9 Å². The molecule has 1 saturated heterocycles. The highest BCUT2D eigenvalue weighted by atomic mass is 32.1. The summed E-state index contributed by atoms with van der Waals surface area (Å²) in [5.74, 6) is 0. The maximum Gasteiger partial charge on any atom is 0.407 e. The molecule has 1 aromatic rings. The predicted octanol–water partition coefficient (Wildman–Crippen LogP) is 2.51. The second-order valence-corrected chi connectivity index (χ2v) is 6.91. The molecule has 3 N–H and O–H groups in total. The number of carbonyl (C=O) groups is 1. The molecule has 0 saturated carbocycles. The summed E-state index contributed by atoms with van der Waals surface area (Å²) in [5.41, 5.74) is 6.94. The molecule has 5 nitrogen and oxygen atoms in total. The van der Waals surface area contributed by atoms with Gasteiger partial charge in [0.1, 0.15) is 5.60 Å². The van der Waals surface area contributed by atoms with E-state index < -0.39 is 5.60 Å².